The van der Waals surface area contributed by atoms with E-state index < -0.39 is 0 Å². The summed E-state index contributed by atoms with van der Waals surface area (Å²) in [4.78, 5) is 5.38. The average Bonchev–Trinajstić information content (AvgIpc) is 3.84. The number of hydrogen-bond acceptors (Lipinski definition) is 3. The molecule has 0 atom stereocenters. The quantitative estimate of drug-likeness (QED) is 0.196. The second kappa shape index (κ2) is 10.3. The summed E-state index contributed by atoms with van der Waals surface area (Å²) in [5, 5.41) is 5.63. The fraction of sp³-hybridized carbons (Fsp3) is 0. The second-order valence-corrected chi connectivity index (χ2v) is 13.0. The number of benzene rings is 7. The number of nitrogens with zero attached hydrogens (tertiary/aromatic N) is 2. The number of furan rings is 1. The number of aromatic nitrogens is 2. The SMILES string of the molecule is c1ccc(-c2ccc(-n3c4ccccc4c4ccc(-c5nc6c(s5)c(-c5ccccc5)cc5oc7ccccc7c56)cc43)cc2)cc1. The van der Waals surface area contributed by atoms with Gasteiger partial charge in [-0.05, 0) is 53.1 Å². The van der Waals surface area contributed by atoms with Crippen LogP contribution in [0.25, 0.3) is 92.5 Å². The van der Waals surface area contributed by atoms with Crippen molar-refractivity contribution in [1.82, 2.24) is 9.55 Å². The van der Waals surface area contributed by atoms with Crippen molar-refractivity contribution in [1.29, 1.82) is 0 Å². The van der Waals surface area contributed by atoms with Gasteiger partial charge in [0.05, 0.1) is 26.6 Å². The molecule has 3 nitrogen and oxygen atoms in total. The predicted octanol–water partition coefficient (Wildman–Crippen LogP) is 12.3. The van der Waals surface area contributed by atoms with Crippen molar-refractivity contribution >= 4 is 65.3 Å². The molecule has 0 radical (unpaired) electrons. The Morgan fingerprint density at radius 1 is 0.489 bits per heavy atom. The predicted molar refractivity (Wildman–Crippen MR) is 198 cm³/mol. The van der Waals surface area contributed by atoms with Crippen molar-refractivity contribution in [3.63, 3.8) is 0 Å². The molecule has 10 aromatic rings. The van der Waals surface area contributed by atoms with Gasteiger partial charge in [0, 0.05) is 33.0 Å². The molecule has 4 heteroatoms. The molecule has 3 aromatic heterocycles. The summed E-state index contributed by atoms with van der Waals surface area (Å²) < 4.78 is 9.94. The number of para-hydroxylation sites is 2. The first-order chi connectivity index (χ1) is 23.3. The van der Waals surface area contributed by atoms with Crippen LogP contribution in [0.3, 0.4) is 0 Å². The highest BCUT2D eigenvalue weighted by Crippen LogP contribution is 2.45. The van der Waals surface area contributed by atoms with Gasteiger partial charge in [-0.2, -0.15) is 0 Å². The van der Waals surface area contributed by atoms with E-state index in [1.54, 1.807) is 11.3 Å². The molecule has 10 rings (SSSR count). The van der Waals surface area contributed by atoms with E-state index in [1.165, 1.54) is 32.1 Å². The second-order valence-electron chi connectivity index (χ2n) is 12.0. The molecule has 7 aromatic carbocycles. The van der Waals surface area contributed by atoms with Gasteiger partial charge in [-0.3, -0.25) is 0 Å². The van der Waals surface area contributed by atoms with Gasteiger partial charge in [0.1, 0.15) is 16.2 Å². The van der Waals surface area contributed by atoms with E-state index in [2.05, 4.69) is 150 Å². The molecule has 0 N–H and O–H groups in total. The van der Waals surface area contributed by atoms with Crippen molar-refractivity contribution in [3.8, 4) is 38.5 Å². The van der Waals surface area contributed by atoms with Crippen LogP contribution in [0, 0.1) is 0 Å². The van der Waals surface area contributed by atoms with E-state index in [0.29, 0.717) is 0 Å². The van der Waals surface area contributed by atoms with Gasteiger partial charge in [0.15, 0.2) is 0 Å². The Hall–Kier alpha value is -5.97. The molecule has 0 aliphatic carbocycles. The number of hydrogen-bond donors (Lipinski definition) is 0. The van der Waals surface area contributed by atoms with Gasteiger partial charge in [0.25, 0.3) is 0 Å². The van der Waals surface area contributed by atoms with Crippen molar-refractivity contribution in [3.05, 3.63) is 158 Å². The van der Waals surface area contributed by atoms with E-state index in [4.69, 9.17) is 9.40 Å². The van der Waals surface area contributed by atoms with Gasteiger partial charge in [-0.15, -0.1) is 11.3 Å². The maximum Gasteiger partial charge on any atom is 0.138 e. The topological polar surface area (TPSA) is 31.0 Å². The van der Waals surface area contributed by atoms with Crippen LogP contribution in [0.2, 0.25) is 0 Å². The smallest absolute Gasteiger partial charge is 0.138 e. The Bertz CT molecular complexity index is 2770. The normalized spacial score (nSPS) is 11.8. The highest BCUT2D eigenvalue weighted by Gasteiger charge is 2.20. The van der Waals surface area contributed by atoms with Crippen molar-refractivity contribution in [2.75, 3.05) is 0 Å². The lowest BCUT2D eigenvalue weighted by atomic mass is 10.0. The maximum absolute atomic E-state index is 6.39. The third kappa shape index (κ3) is 4.09. The van der Waals surface area contributed by atoms with Crippen molar-refractivity contribution < 1.29 is 4.42 Å². The Balaban J connectivity index is 1.20. The van der Waals surface area contributed by atoms with E-state index >= 15 is 0 Å². The largest absolute Gasteiger partial charge is 0.456 e. The lowest BCUT2D eigenvalue weighted by Crippen LogP contribution is -1.94. The molecule has 220 valence electrons. The van der Waals surface area contributed by atoms with Crippen LogP contribution in [0.15, 0.2) is 162 Å². The maximum atomic E-state index is 6.39. The standard InChI is InChI=1S/C43H26N2OS/c1-3-11-27(12-4-1)28-19-22-31(23-20-28)45-36-17-9-7-15-32(36)33-24-21-30(25-37(33)45)43-44-41-40-34-16-8-10-18-38(34)46-39(40)26-35(42(41)47-43)29-13-5-2-6-14-29/h1-26H. The number of thiazole rings is 1. The zero-order valence-corrected chi connectivity index (χ0v) is 26.0. The lowest BCUT2D eigenvalue weighted by molar-refractivity contribution is 0.669. The van der Waals surface area contributed by atoms with Crippen LogP contribution >= 0.6 is 11.3 Å². The van der Waals surface area contributed by atoms with E-state index in [0.717, 1.165) is 60.4 Å². The summed E-state index contributed by atoms with van der Waals surface area (Å²) in [6.45, 7) is 0. The molecule has 0 unspecified atom stereocenters. The molecule has 0 bridgehead atoms. The molecule has 3 heterocycles. The van der Waals surface area contributed by atoms with E-state index in [1.807, 2.05) is 12.1 Å². The lowest BCUT2D eigenvalue weighted by Gasteiger charge is -2.10. The first-order valence-electron chi connectivity index (χ1n) is 15.8. The van der Waals surface area contributed by atoms with Gasteiger partial charge >= 0.3 is 0 Å². The summed E-state index contributed by atoms with van der Waals surface area (Å²) >= 11 is 1.75. The minimum atomic E-state index is 0.865. The minimum Gasteiger partial charge on any atom is -0.456 e. The van der Waals surface area contributed by atoms with Crippen LogP contribution in [0.1, 0.15) is 0 Å². The monoisotopic (exact) mass is 618 g/mol. The highest BCUT2D eigenvalue weighted by molar-refractivity contribution is 7.22. The summed E-state index contributed by atoms with van der Waals surface area (Å²) in [7, 11) is 0. The molecule has 47 heavy (non-hydrogen) atoms. The van der Waals surface area contributed by atoms with Crippen LogP contribution < -0.4 is 0 Å². The fourth-order valence-corrected chi connectivity index (χ4v) is 8.16. The molecular weight excluding hydrogens is 593 g/mol. The third-order valence-corrected chi connectivity index (χ3v) is 10.4. The first kappa shape index (κ1) is 26.3. The summed E-state index contributed by atoms with van der Waals surface area (Å²) in [5.74, 6) is 0. The zero-order chi connectivity index (χ0) is 30.9. The molecular formula is C43H26N2OS. The fourth-order valence-electron chi connectivity index (χ4n) is 7.05. The van der Waals surface area contributed by atoms with Crippen LogP contribution in [0.5, 0.6) is 0 Å². The molecule has 0 amide bonds. The number of rotatable bonds is 4. The molecule has 0 saturated carbocycles. The van der Waals surface area contributed by atoms with Crippen LogP contribution in [0.4, 0.5) is 0 Å². The summed E-state index contributed by atoms with van der Waals surface area (Å²) in [5.41, 5.74) is 12.0. The molecule has 0 saturated heterocycles. The Kier molecular flexibility index (Phi) is 5.74. The van der Waals surface area contributed by atoms with Crippen LogP contribution in [-0.4, -0.2) is 9.55 Å². The number of fused-ring (bicyclic) bond motifs is 8. The molecule has 0 aliphatic rings. The first-order valence-corrected chi connectivity index (χ1v) is 16.6. The molecule has 0 fully saturated rings. The van der Waals surface area contributed by atoms with Crippen molar-refractivity contribution in [2.45, 2.75) is 0 Å². The van der Waals surface area contributed by atoms with E-state index in [-0.39, 0.29) is 0 Å². The van der Waals surface area contributed by atoms with Gasteiger partial charge < -0.3 is 8.98 Å². The van der Waals surface area contributed by atoms with Crippen LogP contribution in [-0.2, 0) is 0 Å². The van der Waals surface area contributed by atoms with Gasteiger partial charge in [-0.25, -0.2) is 4.98 Å². The molecule has 0 spiro atoms. The Morgan fingerprint density at radius 3 is 1.94 bits per heavy atom. The molecule has 0 aliphatic heterocycles. The average molecular weight is 619 g/mol. The third-order valence-electron chi connectivity index (χ3n) is 9.24. The summed E-state index contributed by atoms with van der Waals surface area (Å²) in [6, 6.07) is 55.9. The van der Waals surface area contributed by atoms with Gasteiger partial charge in [0.2, 0.25) is 0 Å². The Morgan fingerprint density at radius 2 is 1.13 bits per heavy atom. The minimum absolute atomic E-state index is 0.865. The van der Waals surface area contributed by atoms with Crippen molar-refractivity contribution in [2.24, 2.45) is 0 Å². The summed E-state index contributed by atoms with van der Waals surface area (Å²) in [6.07, 6.45) is 0. The highest BCUT2D eigenvalue weighted by atomic mass is 32.1. The zero-order valence-electron chi connectivity index (χ0n) is 25.2. The van der Waals surface area contributed by atoms with Gasteiger partial charge in [-0.1, -0.05) is 121 Å². The Labute approximate surface area is 274 Å². The van der Waals surface area contributed by atoms with E-state index in [9.17, 15) is 0 Å².